The lowest BCUT2D eigenvalue weighted by atomic mass is 10.1. The summed E-state index contributed by atoms with van der Waals surface area (Å²) in [6.45, 7) is 0. The zero-order valence-electron chi connectivity index (χ0n) is 7.93. The molecule has 74 valence electrons. The Kier molecular flexibility index (Phi) is 2.50. The Morgan fingerprint density at radius 2 is 2.07 bits per heavy atom. The van der Waals surface area contributed by atoms with Crippen molar-refractivity contribution in [1.29, 1.82) is 0 Å². The van der Waals surface area contributed by atoms with E-state index in [2.05, 4.69) is 12.1 Å². The van der Waals surface area contributed by atoms with Gasteiger partial charge in [0.25, 0.3) is 0 Å². The second-order valence-corrected chi connectivity index (χ2v) is 4.44. The lowest BCUT2D eigenvalue weighted by molar-refractivity contribution is -0.138. The zero-order valence-corrected chi connectivity index (χ0v) is 8.75. The van der Waals surface area contributed by atoms with Crippen molar-refractivity contribution in [2.45, 2.75) is 17.2 Å². The molecule has 3 heteroatoms. The standard InChI is InChI=1S/C11H12O2S/c1-14-8-4-2-7(3-5-8)9-6-10(9)11(12)13/h2-5,9-10H,6H2,1H3,(H,12,13). The third-order valence-electron chi connectivity index (χ3n) is 2.65. The maximum atomic E-state index is 10.7. The highest BCUT2D eigenvalue weighted by molar-refractivity contribution is 7.98. The zero-order chi connectivity index (χ0) is 10.1. The average Bonchev–Trinajstić information content (AvgIpc) is 2.97. The number of rotatable bonds is 3. The van der Waals surface area contributed by atoms with Gasteiger partial charge in [-0.2, -0.15) is 0 Å². The van der Waals surface area contributed by atoms with Gasteiger partial charge in [-0.3, -0.25) is 4.79 Å². The first kappa shape index (κ1) is 9.59. The summed E-state index contributed by atoms with van der Waals surface area (Å²) in [6, 6.07) is 8.19. The number of aliphatic carboxylic acids is 1. The molecule has 1 fully saturated rings. The fourth-order valence-corrected chi connectivity index (χ4v) is 2.10. The van der Waals surface area contributed by atoms with Crippen LogP contribution in [0.2, 0.25) is 0 Å². The minimum Gasteiger partial charge on any atom is -0.481 e. The predicted octanol–water partition coefficient (Wildman–Crippen LogP) is 2.60. The van der Waals surface area contributed by atoms with Crippen LogP contribution in [-0.4, -0.2) is 17.3 Å². The largest absolute Gasteiger partial charge is 0.481 e. The van der Waals surface area contributed by atoms with E-state index in [1.54, 1.807) is 11.8 Å². The van der Waals surface area contributed by atoms with Gasteiger partial charge in [0.2, 0.25) is 0 Å². The maximum Gasteiger partial charge on any atom is 0.307 e. The fraction of sp³-hybridized carbons (Fsp3) is 0.364. The van der Waals surface area contributed by atoms with Crippen molar-refractivity contribution in [1.82, 2.24) is 0 Å². The highest BCUT2D eigenvalue weighted by Crippen LogP contribution is 2.47. The maximum absolute atomic E-state index is 10.7. The number of thioether (sulfide) groups is 1. The number of benzene rings is 1. The van der Waals surface area contributed by atoms with E-state index < -0.39 is 5.97 Å². The molecule has 1 aromatic carbocycles. The summed E-state index contributed by atoms with van der Waals surface area (Å²) in [7, 11) is 0. The van der Waals surface area contributed by atoms with E-state index in [1.165, 1.54) is 4.90 Å². The molecule has 2 nitrogen and oxygen atoms in total. The van der Waals surface area contributed by atoms with Crippen molar-refractivity contribution in [3.63, 3.8) is 0 Å². The third kappa shape index (κ3) is 1.77. The van der Waals surface area contributed by atoms with Crippen molar-refractivity contribution in [3.8, 4) is 0 Å². The van der Waals surface area contributed by atoms with E-state index in [-0.39, 0.29) is 11.8 Å². The Morgan fingerprint density at radius 1 is 1.43 bits per heavy atom. The van der Waals surface area contributed by atoms with Gasteiger partial charge in [0.15, 0.2) is 0 Å². The topological polar surface area (TPSA) is 37.3 Å². The molecule has 2 unspecified atom stereocenters. The summed E-state index contributed by atoms with van der Waals surface area (Å²) in [5.41, 5.74) is 1.16. The predicted molar refractivity (Wildman–Crippen MR) is 56.7 cm³/mol. The Morgan fingerprint density at radius 3 is 2.50 bits per heavy atom. The first-order chi connectivity index (χ1) is 6.72. The Balaban J connectivity index is 2.08. The highest BCUT2D eigenvalue weighted by atomic mass is 32.2. The van der Waals surface area contributed by atoms with Crippen LogP contribution in [0.1, 0.15) is 17.9 Å². The smallest absolute Gasteiger partial charge is 0.307 e. The van der Waals surface area contributed by atoms with Crippen LogP contribution in [0.15, 0.2) is 29.2 Å². The number of carboxylic acids is 1. The van der Waals surface area contributed by atoms with E-state index in [1.807, 2.05) is 18.4 Å². The summed E-state index contributed by atoms with van der Waals surface area (Å²) in [5, 5.41) is 8.78. The third-order valence-corrected chi connectivity index (χ3v) is 3.40. The lowest BCUT2D eigenvalue weighted by Crippen LogP contribution is -1.98. The van der Waals surface area contributed by atoms with Crippen LogP contribution in [0.4, 0.5) is 0 Å². The molecule has 2 rings (SSSR count). The molecule has 0 radical (unpaired) electrons. The monoisotopic (exact) mass is 208 g/mol. The van der Waals surface area contributed by atoms with E-state index in [0.717, 1.165) is 12.0 Å². The van der Waals surface area contributed by atoms with Crippen molar-refractivity contribution < 1.29 is 9.90 Å². The highest BCUT2D eigenvalue weighted by Gasteiger charge is 2.43. The van der Waals surface area contributed by atoms with Crippen molar-refractivity contribution >= 4 is 17.7 Å². The van der Waals surface area contributed by atoms with Gasteiger partial charge >= 0.3 is 5.97 Å². The molecule has 0 saturated heterocycles. The van der Waals surface area contributed by atoms with Crippen LogP contribution in [0, 0.1) is 5.92 Å². The number of carboxylic acid groups (broad SMARTS) is 1. The summed E-state index contributed by atoms with van der Waals surface area (Å²) in [4.78, 5) is 11.9. The van der Waals surface area contributed by atoms with Gasteiger partial charge in [0.1, 0.15) is 0 Å². The number of carbonyl (C=O) groups is 1. The quantitative estimate of drug-likeness (QED) is 0.776. The van der Waals surface area contributed by atoms with Gasteiger partial charge in [0.05, 0.1) is 5.92 Å². The van der Waals surface area contributed by atoms with E-state index in [9.17, 15) is 4.79 Å². The second kappa shape index (κ2) is 3.65. The second-order valence-electron chi connectivity index (χ2n) is 3.56. The lowest BCUT2D eigenvalue weighted by Gasteiger charge is -2.00. The molecule has 0 aliphatic heterocycles. The molecular formula is C11H12O2S. The molecule has 0 bridgehead atoms. The molecular weight excluding hydrogens is 196 g/mol. The van der Waals surface area contributed by atoms with Gasteiger partial charge in [-0.15, -0.1) is 11.8 Å². The van der Waals surface area contributed by atoms with Crippen molar-refractivity contribution in [2.75, 3.05) is 6.26 Å². The molecule has 1 aromatic rings. The molecule has 0 spiro atoms. The Hall–Kier alpha value is -0.960. The molecule has 0 amide bonds. The number of hydrogen-bond donors (Lipinski definition) is 1. The first-order valence-corrected chi connectivity index (χ1v) is 5.81. The molecule has 1 aliphatic rings. The Labute approximate surface area is 87.3 Å². The average molecular weight is 208 g/mol. The van der Waals surface area contributed by atoms with Crippen LogP contribution in [0.3, 0.4) is 0 Å². The minimum absolute atomic E-state index is 0.143. The SMILES string of the molecule is CSc1ccc(C2CC2C(=O)O)cc1. The van der Waals surface area contributed by atoms with Gasteiger partial charge < -0.3 is 5.11 Å². The first-order valence-electron chi connectivity index (χ1n) is 4.59. The van der Waals surface area contributed by atoms with Gasteiger partial charge in [0, 0.05) is 4.90 Å². The van der Waals surface area contributed by atoms with Gasteiger partial charge in [-0.25, -0.2) is 0 Å². The minimum atomic E-state index is -0.663. The summed E-state index contributed by atoms with van der Waals surface area (Å²) in [6.07, 6.45) is 2.83. The summed E-state index contributed by atoms with van der Waals surface area (Å²) < 4.78 is 0. The fourth-order valence-electron chi connectivity index (χ4n) is 1.69. The van der Waals surface area contributed by atoms with Crippen LogP contribution in [0.5, 0.6) is 0 Å². The van der Waals surface area contributed by atoms with Crippen LogP contribution < -0.4 is 0 Å². The normalized spacial score (nSPS) is 24.6. The molecule has 0 heterocycles. The van der Waals surface area contributed by atoms with Gasteiger partial charge in [-0.05, 0) is 36.3 Å². The molecule has 2 atom stereocenters. The number of hydrogen-bond acceptors (Lipinski definition) is 2. The van der Waals surface area contributed by atoms with Crippen molar-refractivity contribution in [2.24, 2.45) is 5.92 Å². The van der Waals surface area contributed by atoms with E-state index in [0.29, 0.717) is 0 Å². The summed E-state index contributed by atoms with van der Waals surface area (Å²) >= 11 is 1.70. The van der Waals surface area contributed by atoms with Crippen LogP contribution in [-0.2, 0) is 4.79 Å². The molecule has 1 saturated carbocycles. The van der Waals surface area contributed by atoms with E-state index >= 15 is 0 Å². The van der Waals surface area contributed by atoms with Crippen LogP contribution in [0.25, 0.3) is 0 Å². The molecule has 0 aromatic heterocycles. The summed E-state index contributed by atoms with van der Waals surface area (Å²) in [5.74, 6) is -0.553. The van der Waals surface area contributed by atoms with Crippen LogP contribution >= 0.6 is 11.8 Å². The van der Waals surface area contributed by atoms with Crippen molar-refractivity contribution in [3.05, 3.63) is 29.8 Å². The molecule has 14 heavy (non-hydrogen) atoms. The molecule has 1 N–H and O–H groups in total. The van der Waals surface area contributed by atoms with Gasteiger partial charge in [-0.1, -0.05) is 12.1 Å². The Bertz CT molecular complexity index is 345. The molecule has 1 aliphatic carbocycles. The van der Waals surface area contributed by atoms with E-state index in [4.69, 9.17) is 5.11 Å².